The molecule has 0 aromatic heterocycles. The van der Waals surface area contributed by atoms with Gasteiger partial charge >= 0.3 is 0 Å². The molecule has 2 heterocycles. The average Bonchev–Trinajstić information content (AvgIpc) is 3.39. The molecule has 1 unspecified atom stereocenters. The maximum absolute atomic E-state index is 5.94. The summed E-state index contributed by atoms with van der Waals surface area (Å²) in [6.45, 7) is 10.7. The number of methoxy groups -OCH3 is 1. The summed E-state index contributed by atoms with van der Waals surface area (Å²) in [5.41, 5.74) is 1.49. The fraction of sp³-hybridized carbons (Fsp3) is 0.696. The highest BCUT2D eigenvalue weighted by atomic mass is 127. The Labute approximate surface area is 204 Å². The predicted molar refractivity (Wildman–Crippen MR) is 136 cm³/mol. The number of halogens is 1. The first-order valence-corrected chi connectivity index (χ1v) is 11.1. The second-order valence-corrected chi connectivity index (χ2v) is 8.44. The van der Waals surface area contributed by atoms with E-state index in [2.05, 4.69) is 41.2 Å². The summed E-state index contributed by atoms with van der Waals surface area (Å²) < 4.78 is 16.7. The van der Waals surface area contributed by atoms with Gasteiger partial charge in [-0.1, -0.05) is 12.1 Å². The van der Waals surface area contributed by atoms with Crippen molar-refractivity contribution in [3.8, 4) is 5.75 Å². The molecular formula is C23H39IN4O3. The SMILES string of the molecule is CCNC(=NCc1cccc(OCCN(C)CCOC)c1)N1CCC2(CCOC2)C1.I. The maximum atomic E-state index is 5.94. The standard InChI is InChI=1S/C23H38N4O3.HI/c1-4-24-22(27-10-8-23(18-27)9-13-29-19-23)25-17-20-6-5-7-21(16-20)30-15-12-26(2)11-14-28-3;/h5-7,16H,4,8-15,17-19H2,1-3H3,(H,24,25);1H. The Morgan fingerprint density at radius 3 is 2.87 bits per heavy atom. The number of likely N-dealkylation sites (tertiary alicyclic amines) is 1. The van der Waals surface area contributed by atoms with E-state index < -0.39 is 0 Å². The lowest BCUT2D eigenvalue weighted by Gasteiger charge is -2.25. The van der Waals surface area contributed by atoms with Crippen molar-refractivity contribution in [2.24, 2.45) is 10.4 Å². The number of benzene rings is 1. The van der Waals surface area contributed by atoms with Gasteiger partial charge in [0.2, 0.25) is 0 Å². The Bertz CT molecular complexity index is 683. The summed E-state index contributed by atoms with van der Waals surface area (Å²) in [7, 11) is 3.81. The van der Waals surface area contributed by atoms with Gasteiger partial charge < -0.3 is 29.3 Å². The van der Waals surface area contributed by atoms with Crippen LogP contribution in [-0.4, -0.2) is 89.1 Å². The Hall–Kier alpha value is -1.10. The average molecular weight is 546 g/mol. The second-order valence-electron chi connectivity index (χ2n) is 8.44. The minimum absolute atomic E-state index is 0. The number of aliphatic imine (C=N–C) groups is 1. The first-order valence-electron chi connectivity index (χ1n) is 11.1. The van der Waals surface area contributed by atoms with Gasteiger partial charge in [0.05, 0.1) is 19.8 Å². The van der Waals surface area contributed by atoms with Crippen LogP contribution in [0.1, 0.15) is 25.3 Å². The smallest absolute Gasteiger partial charge is 0.194 e. The molecule has 1 aromatic rings. The van der Waals surface area contributed by atoms with Gasteiger partial charge in [0, 0.05) is 51.9 Å². The summed E-state index contributed by atoms with van der Waals surface area (Å²) in [4.78, 5) is 9.52. The fourth-order valence-corrected chi connectivity index (χ4v) is 4.09. The topological polar surface area (TPSA) is 58.6 Å². The van der Waals surface area contributed by atoms with Gasteiger partial charge in [-0.2, -0.15) is 0 Å². The molecule has 0 aliphatic carbocycles. The summed E-state index contributed by atoms with van der Waals surface area (Å²) >= 11 is 0. The molecule has 8 heteroatoms. The number of nitrogens with zero attached hydrogens (tertiary/aromatic N) is 3. The van der Waals surface area contributed by atoms with Crippen molar-refractivity contribution in [2.45, 2.75) is 26.3 Å². The number of nitrogens with one attached hydrogen (secondary N) is 1. The molecule has 1 spiro atoms. The van der Waals surface area contributed by atoms with E-state index in [1.54, 1.807) is 7.11 Å². The first kappa shape index (κ1) is 26.2. The van der Waals surface area contributed by atoms with E-state index in [0.29, 0.717) is 18.6 Å². The largest absolute Gasteiger partial charge is 0.492 e. The van der Waals surface area contributed by atoms with Gasteiger partial charge in [0.25, 0.3) is 0 Å². The van der Waals surface area contributed by atoms with Crippen LogP contribution in [0.3, 0.4) is 0 Å². The van der Waals surface area contributed by atoms with E-state index in [1.807, 2.05) is 12.1 Å². The second kappa shape index (κ2) is 13.4. The Morgan fingerprint density at radius 2 is 2.13 bits per heavy atom. The molecule has 31 heavy (non-hydrogen) atoms. The first-order chi connectivity index (χ1) is 14.6. The molecule has 3 rings (SSSR count). The predicted octanol–water partition coefficient (Wildman–Crippen LogP) is 2.84. The third kappa shape index (κ3) is 8.07. The zero-order valence-electron chi connectivity index (χ0n) is 19.3. The van der Waals surface area contributed by atoms with Crippen molar-refractivity contribution in [3.63, 3.8) is 0 Å². The molecule has 7 nitrogen and oxygen atoms in total. The molecule has 0 saturated carbocycles. The third-order valence-electron chi connectivity index (χ3n) is 5.99. The van der Waals surface area contributed by atoms with E-state index in [9.17, 15) is 0 Å². The highest BCUT2D eigenvalue weighted by molar-refractivity contribution is 14.0. The lowest BCUT2D eigenvalue weighted by atomic mass is 9.87. The third-order valence-corrected chi connectivity index (χ3v) is 5.99. The van der Waals surface area contributed by atoms with Crippen LogP contribution < -0.4 is 10.1 Å². The van der Waals surface area contributed by atoms with Crippen molar-refractivity contribution in [1.82, 2.24) is 15.1 Å². The molecule has 0 bridgehead atoms. The molecule has 1 N–H and O–H groups in total. The number of hydrogen-bond donors (Lipinski definition) is 1. The van der Waals surface area contributed by atoms with Crippen molar-refractivity contribution >= 4 is 29.9 Å². The van der Waals surface area contributed by atoms with Crippen molar-refractivity contribution in [1.29, 1.82) is 0 Å². The van der Waals surface area contributed by atoms with Crippen LogP contribution >= 0.6 is 24.0 Å². The maximum Gasteiger partial charge on any atom is 0.194 e. The zero-order chi connectivity index (χ0) is 21.2. The Kier molecular flexibility index (Phi) is 11.3. The number of likely N-dealkylation sites (N-methyl/N-ethyl adjacent to an activating group) is 1. The lowest BCUT2D eigenvalue weighted by Crippen LogP contribution is -2.41. The molecule has 2 fully saturated rings. The molecule has 2 aliphatic heterocycles. The molecule has 1 aromatic carbocycles. The summed E-state index contributed by atoms with van der Waals surface area (Å²) in [6, 6.07) is 8.26. The summed E-state index contributed by atoms with van der Waals surface area (Å²) in [6.07, 6.45) is 2.36. The quantitative estimate of drug-likeness (QED) is 0.277. The lowest BCUT2D eigenvalue weighted by molar-refractivity contribution is 0.150. The fourth-order valence-electron chi connectivity index (χ4n) is 4.09. The van der Waals surface area contributed by atoms with Crippen molar-refractivity contribution in [2.75, 3.05) is 73.3 Å². The van der Waals surface area contributed by atoms with Crippen LogP contribution in [0, 0.1) is 5.41 Å². The van der Waals surface area contributed by atoms with Crippen molar-refractivity contribution in [3.05, 3.63) is 29.8 Å². The van der Waals surface area contributed by atoms with E-state index in [4.69, 9.17) is 19.2 Å². The molecular weight excluding hydrogens is 507 g/mol. The van der Waals surface area contributed by atoms with Crippen LogP contribution in [0.4, 0.5) is 0 Å². The highest BCUT2D eigenvalue weighted by Gasteiger charge is 2.42. The number of hydrogen-bond acceptors (Lipinski definition) is 5. The molecule has 0 amide bonds. The number of guanidine groups is 1. The Morgan fingerprint density at radius 1 is 1.29 bits per heavy atom. The van der Waals surface area contributed by atoms with Gasteiger partial charge in [0.1, 0.15) is 12.4 Å². The van der Waals surface area contributed by atoms with E-state index in [-0.39, 0.29) is 24.0 Å². The minimum Gasteiger partial charge on any atom is -0.492 e. The highest BCUT2D eigenvalue weighted by Crippen LogP contribution is 2.38. The molecule has 2 aliphatic rings. The van der Waals surface area contributed by atoms with Crippen LogP contribution in [0.15, 0.2) is 29.3 Å². The summed E-state index contributed by atoms with van der Waals surface area (Å²) in [5.74, 6) is 1.91. The monoisotopic (exact) mass is 546 g/mol. The molecule has 1 atom stereocenters. The van der Waals surface area contributed by atoms with E-state index in [1.165, 1.54) is 12.8 Å². The van der Waals surface area contributed by atoms with Crippen LogP contribution in [0.2, 0.25) is 0 Å². The minimum atomic E-state index is 0. The normalized spacial score (nSPS) is 21.0. The molecule has 0 radical (unpaired) electrons. The number of ether oxygens (including phenoxy) is 3. The van der Waals surface area contributed by atoms with E-state index in [0.717, 1.165) is 69.8 Å². The van der Waals surface area contributed by atoms with Gasteiger partial charge in [-0.25, -0.2) is 4.99 Å². The Balaban J connectivity index is 0.00000341. The molecule has 176 valence electrons. The van der Waals surface area contributed by atoms with Crippen LogP contribution in [0.5, 0.6) is 5.75 Å². The van der Waals surface area contributed by atoms with Gasteiger partial charge in [-0.3, -0.25) is 0 Å². The van der Waals surface area contributed by atoms with Crippen LogP contribution in [-0.2, 0) is 16.0 Å². The molecule has 2 saturated heterocycles. The van der Waals surface area contributed by atoms with E-state index >= 15 is 0 Å². The summed E-state index contributed by atoms with van der Waals surface area (Å²) in [5, 5.41) is 3.47. The van der Waals surface area contributed by atoms with Crippen LogP contribution in [0.25, 0.3) is 0 Å². The van der Waals surface area contributed by atoms with Crippen molar-refractivity contribution < 1.29 is 14.2 Å². The van der Waals surface area contributed by atoms with Gasteiger partial charge in [0.15, 0.2) is 5.96 Å². The number of rotatable bonds is 10. The van der Waals surface area contributed by atoms with Gasteiger partial charge in [-0.05, 0) is 44.5 Å². The zero-order valence-corrected chi connectivity index (χ0v) is 21.6. The van der Waals surface area contributed by atoms with Gasteiger partial charge in [-0.15, -0.1) is 24.0 Å².